The molecule has 0 saturated heterocycles. The number of hydrogen-bond acceptors (Lipinski definition) is 8. The number of aromatic nitrogens is 4. The number of thioether (sulfide) groups is 1. The smallest absolute Gasteiger partial charge is 0.270 e. The van der Waals surface area contributed by atoms with Crippen molar-refractivity contribution in [1.29, 1.82) is 0 Å². The molecule has 12 heteroatoms. The predicted molar refractivity (Wildman–Crippen MR) is 125 cm³/mol. The molecule has 2 heterocycles. The zero-order valence-corrected chi connectivity index (χ0v) is 18.9. The molecule has 2 aromatic heterocycles. The van der Waals surface area contributed by atoms with Crippen LogP contribution in [0.2, 0.25) is 5.02 Å². The number of rotatable bonds is 7. The van der Waals surface area contributed by atoms with E-state index in [0.717, 1.165) is 5.56 Å². The molecule has 1 N–H and O–H groups in total. The summed E-state index contributed by atoms with van der Waals surface area (Å²) in [7, 11) is 1.81. The van der Waals surface area contributed by atoms with Crippen molar-refractivity contribution in [2.24, 2.45) is 7.05 Å². The molecule has 162 valence electrons. The minimum Gasteiger partial charge on any atom is -0.305 e. The summed E-state index contributed by atoms with van der Waals surface area (Å²) in [6, 6.07) is 13.5. The highest BCUT2D eigenvalue weighted by atomic mass is 35.5. The molecule has 0 fully saturated rings. The van der Waals surface area contributed by atoms with Crippen LogP contribution < -0.4 is 5.32 Å². The minimum atomic E-state index is -0.459. The highest BCUT2D eigenvalue weighted by molar-refractivity contribution is 7.99. The van der Waals surface area contributed by atoms with Gasteiger partial charge in [-0.05, 0) is 12.1 Å². The summed E-state index contributed by atoms with van der Waals surface area (Å²) in [5.41, 5.74) is 1.91. The normalized spacial score (nSPS) is 10.8. The fourth-order valence-electron chi connectivity index (χ4n) is 2.85. The van der Waals surface area contributed by atoms with E-state index in [0.29, 0.717) is 32.4 Å². The predicted octanol–water partition coefficient (Wildman–Crippen LogP) is 4.90. The molecule has 0 atom stereocenters. The lowest BCUT2D eigenvalue weighted by molar-refractivity contribution is -0.384. The first-order chi connectivity index (χ1) is 15.4. The van der Waals surface area contributed by atoms with E-state index in [1.165, 1.54) is 35.2 Å². The quantitative estimate of drug-likeness (QED) is 0.224. The Morgan fingerprint density at radius 3 is 2.84 bits per heavy atom. The number of nitro benzene ring substituents is 1. The maximum absolute atomic E-state index is 12.4. The number of amides is 1. The maximum atomic E-state index is 12.4. The molecule has 0 aliphatic heterocycles. The first kappa shape index (κ1) is 21.9. The topological polar surface area (TPSA) is 116 Å². The molecule has 0 bridgehead atoms. The fourth-order valence-corrected chi connectivity index (χ4v) is 4.51. The summed E-state index contributed by atoms with van der Waals surface area (Å²) >= 11 is 8.72. The second kappa shape index (κ2) is 9.47. The molecule has 1 amide bonds. The van der Waals surface area contributed by atoms with Crippen molar-refractivity contribution in [3.05, 3.63) is 69.0 Å². The van der Waals surface area contributed by atoms with Crippen LogP contribution in [0.4, 0.5) is 10.8 Å². The number of non-ortho nitro benzene ring substituents is 1. The van der Waals surface area contributed by atoms with Crippen molar-refractivity contribution in [3.63, 3.8) is 0 Å². The summed E-state index contributed by atoms with van der Waals surface area (Å²) in [5.74, 6) is 0.470. The van der Waals surface area contributed by atoms with Crippen LogP contribution in [-0.2, 0) is 11.8 Å². The van der Waals surface area contributed by atoms with Gasteiger partial charge in [0.2, 0.25) is 5.91 Å². The van der Waals surface area contributed by atoms with Crippen LogP contribution in [0.1, 0.15) is 0 Å². The molecule has 0 radical (unpaired) electrons. The Kier molecular flexibility index (Phi) is 6.49. The summed E-state index contributed by atoms with van der Waals surface area (Å²) in [6.45, 7) is 0. The van der Waals surface area contributed by atoms with Crippen LogP contribution in [0, 0.1) is 10.1 Å². The summed E-state index contributed by atoms with van der Waals surface area (Å²) in [4.78, 5) is 27.2. The second-order valence-corrected chi connectivity index (χ2v) is 8.74. The molecular weight excluding hydrogens is 472 g/mol. The third-order valence-electron chi connectivity index (χ3n) is 4.39. The zero-order chi connectivity index (χ0) is 22.7. The SMILES string of the molecule is Cn1c(SCC(=O)Nc2nc(-c3cccc([N+](=O)[O-])c3)cs2)nnc1-c1ccccc1Cl. The van der Waals surface area contributed by atoms with Crippen LogP contribution in [-0.4, -0.2) is 36.3 Å². The average Bonchev–Trinajstić information content (AvgIpc) is 3.39. The maximum Gasteiger partial charge on any atom is 0.270 e. The van der Waals surface area contributed by atoms with Gasteiger partial charge in [-0.25, -0.2) is 4.98 Å². The van der Waals surface area contributed by atoms with Gasteiger partial charge in [-0.3, -0.25) is 14.9 Å². The average molecular weight is 487 g/mol. The van der Waals surface area contributed by atoms with Gasteiger partial charge in [0.25, 0.3) is 5.69 Å². The van der Waals surface area contributed by atoms with E-state index in [4.69, 9.17) is 11.6 Å². The van der Waals surface area contributed by atoms with Gasteiger partial charge in [0, 0.05) is 35.7 Å². The van der Waals surface area contributed by atoms with Gasteiger partial charge in [-0.15, -0.1) is 21.5 Å². The van der Waals surface area contributed by atoms with Crippen molar-refractivity contribution < 1.29 is 9.72 Å². The minimum absolute atomic E-state index is 0.0164. The van der Waals surface area contributed by atoms with Gasteiger partial charge in [0.1, 0.15) is 0 Å². The highest BCUT2D eigenvalue weighted by Crippen LogP contribution is 2.29. The lowest BCUT2D eigenvalue weighted by atomic mass is 10.1. The molecule has 4 aromatic rings. The lowest BCUT2D eigenvalue weighted by Crippen LogP contribution is -2.14. The Labute approximate surface area is 195 Å². The van der Waals surface area contributed by atoms with Gasteiger partial charge < -0.3 is 9.88 Å². The summed E-state index contributed by atoms with van der Waals surface area (Å²) in [6.07, 6.45) is 0. The molecule has 0 aliphatic carbocycles. The number of nitrogens with one attached hydrogen (secondary N) is 1. The van der Waals surface area contributed by atoms with Crippen LogP contribution in [0.25, 0.3) is 22.6 Å². The highest BCUT2D eigenvalue weighted by Gasteiger charge is 2.16. The molecule has 4 rings (SSSR count). The van der Waals surface area contributed by atoms with Crippen molar-refractivity contribution >= 4 is 51.4 Å². The number of carbonyl (C=O) groups excluding carboxylic acids is 1. The third kappa shape index (κ3) is 4.79. The summed E-state index contributed by atoms with van der Waals surface area (Å²) in [5, 5.41) is 25.3. The summed E-state index contributed by atoms with van der Waals surface area (Å²) < 4.78 is 1.78. The number of thiazole rings is 1. The Bertz CT molecular complexity index is 1310. The van der Waals surface area contributed by atoms with Gasteiger partial charge in [-0.2, -0.15) is 0 Å². The van der Waals surface area contributed by atoms with Crippen LogP contribution >= 0.6 is 34.7 Å². The van der Waals surface area contributed by atoms with E-state index in [2.05, 4.69) is 20.5 Å². The first-order valence-electron chi connectivity index (χ1n) is 9.19. The zero-order valence-electron chi connectivity index (χ0n) is 16.6. The molecule has 0 saturated carbocycles. The third-order valence-corrected chi connectivity index (χ3v) is 6.49. The number of nitro groups is 1. The molecule has 9 nitrogen and oxygen atoms in total. The number of halogens is 1. The Morgan fingerprint density at radius 1 is 1.25 bits per heavy atom. The lowest BCUT2D eigenvalue weighted by Gasteiger charge is -2.05. The molecule has 32 heavy (non-hydrogen) atoms. The fraction of sp³-hybridized carbons (Fsp3) is 0.100. The Morgan fingerprint density at radius 2 is 2.06 bits per heavy atom. The van der Waals surface area contributed by atoms with Crippen LogP contribution in [0.15, 0.2) is 59.1 Å². The van der Waals surface area contributed by atoms with Gasteiger partial charge in [0.05, 0.1) is 21.4 Å². The van der Waals surface area contributed by atoms with Crippen molar-refractivity contribution in [1.82, 2.24) is 19.7 Å². The Hall–Kier alpha value is -3.28. The van der Waals surface area contributed by atoms with E-state index < -0.39 is 4.92 Å². The second-order valence-electron chi connectivity index (χ2n) is 6.53. The largest absolute Gasteiger partial charge is 0.305 e. The van der Waals surface area contributed by atoms with Crippen molar-refractivity contribution in [3.8, 4) is 22.6 Å². The molecular formula is C20H15ClN6O3S2. The standard InChI is InChI=1S/C20H15ClN6O3S2/c1-26-18(14-7-2-3-8-15(14)21)24-25-20(26)32-11-17(28)23-19-22-16(10-31-19)12-5-4-6-13(9-12)27(29)30/h2-10H,11H2,1H3,(H,22,23,28). The molecule has 0 spiro atoms. The van der Waals surface area contributed by atoms with Crippen LogP contribution in [0.3, 0.4) is 0 Å². The number of nitrogens with zero attached hydrogens (tertiary/aromatic N) is 5. The van der Waals surface area contributed by atoms with E-state index in [1.807, 2.05) is 25.2 Å². The van der Waals surface area contributed by atoms with E-state index in [9.17, 15) is 14.9 Å². The molecule has 2 aromatic carbocycles. The monoisotopic (exact) mass is 486 g/mol. The van der Waals surface area contributed by atoms with E-state index in [-0.39, 0.29) is 17.3 Å². The van der Waals surface area contributed by atoms with Gasteiger partial charge >= 0.3 is 0 Å². The Balaban J connectivity index is 1.39. The van der Waals surface area contributed by atoms with Crippen molar-refractivity contribution in [2.75, 3.05) is 11.1 Å². The first-order valence-corrected chi connectivity index (χ1v) is 11.4. The molecule has 0 unspecified atom stereocenters. The van der Waals surface area contributed by atoms with Gasteiger partial charge in [-0.1, -0.05) is 47.6 Å². The van der Waals surface area contributed by atoms with Crippen molar-refractivity contribution in [2.45, 2.75) is 5.16 Å². The number of benzene rings is 2. The van der Waals surface area contributed by atoms with E-state index in [1.54, 1.807) is 28.1 Å². The number of hydrogen-bond donors (Lipinski definition) is 1. The van der Waals surface area contributed by atoms with E-state index >= 15 is 0 Å². The molecule has 0 aliphatic rings. The number of carbonyl (C=O) groups is 1. The van der Waals surface area contributed by atoms with Crippen LogP contribution in [0.5, 0.6) is 0 Å². The van der Waals surface area contributed by atoms with Gasteiger partial charge in [0.15, 0.2) is 16.1 Å². The number of anilines is 1.